The van der Waals surface area contributed by atoms with Crippen LogP contribution in [-0.4, -0.2) is 11.1 Å². The Morgan fingerprint density at radius 2 is 2.12 bits per heavy atom. The molecule has 88 valence electrons. The fraction of sp³-hybridized carbons (Fsp3) is 0.364. The molecule has 2 nitrogen and oxygen atoms in total. The van der Waals surface area contributed by atoms with Gasteiger partial charge in [-0.05, 0) is 18.1 Å². The molecule has 5 heteroatoms. The highest BCUT2D eigenvalue weighted by molar-refractivity contribution is 9.10. The average molecular weight is 293 g/mol. The Morgan fingerprint density at radius 3 is 2.56 bits per heavy atom. The van der Waals surface area contributed by atoms with Gasteiger partial charge in [0.05, 0.1) is 0 Å². The molecule has 0 radical (unpaired) electrons. The molecular formula is C11H11BrF2O2. The quantitative estimate of drug-likeness (QED) is 0.921. The fourth-order valence-electron chi connectivity index (χ4n) is 1.34. The Labute approximate surface area is 100 Å². The second-order valence-electron chi connectivity index (χ2n) is 3.44. The van der Waals surface area contributed by atoms with E-state index in [0.29, 0.717) is 4.47 Å². The number of rotatable bonds is 4. The minimum atomic E-state index is -3.84. The Hall–Kier alpha value is -0.970. The highest BCUT2D eigenvalue weighted by atomic mass is 79.9. The van der Waals surface area contributed by atoms with E-state index >= 15 is 0 Å². The third-order valence-electron chi connectivity index (χ3n) is 2.20. The number of benzene rings is 1. The van der Waals surface area contributed by atoms with Crippen molar-refractivity contribution in [3.63, 3.8) is 0 Å². The molecule has 0 heterocycles. The lowest BCUT2D eigenvalue weighted by Crippen LogP contribution is -2.25. The molecular weight excluding hydrogens is 282 g/mol. The van der Waals surface area contributed by atoms with Crippen molar-refractivity contribution in [2.75, 3.05) is 0 Å². The average Bonchev–Trinajstić information content (AvgIpc) is 2.21. The van der Waals surface area contributed by atoms with Crippen LogP contribution >= 0.6 is 15.9 Å². The first-order chi connectivity index (χ1) is 7.39. The second-order valence-corrected chi connectivity index (χ2v) is 4.29. The zero-order chi connectivity index (χ0) is 12.3. The molecule has 0 saturated heterocycles. The van der Waals surface area contributed by atoms with Crippen LogP contribution in [0.5, 0.6) is 0 Å². The van der Waals surface area contributed by atoms with E-state index in [9.17, 15) is 13.6 Å². The van der Waals surface area contributed by atoms with Gasteiger partial charge in [0.2, 0.25) is 0 Å². The first kappa shape index (κ1) is 13.1. The van der Waals surface area contributed by atoms with Gasteiger partial charge in [0, 0.05) is 10.0 Å². The summed E-state index contributed by atoms with van der Waals surface area (Å²) < 4.78 is 26.8. The molecule has 0 saturated carbocycles. The Morgan fingerprint density at radius 1 is 1.50 bits per heavy atom. The lowest BCUT2D eigenvalue weighted by atomic mass is 10.0. The van der Waals surface area contributed by atoms with Crippen molar-refractivity contribution in [3.05, 3.63) is 33.8 Å². The Kier molecular flexibility index (Phi) is 4.02. The van der Waals surface area contributed by atoms with Crippen molar-refractivity contribution in [2.24, 2.45) is 0 Å². The molecule has 1 aromatic carbocycles. The molecule has 16 heavy (non-hydrogen) atoms. The monoisotopic (exact) mass is 292 g/mol. The van der Waals surface area contributed by atoms with Crippen LogP contribution in [0, 0.1) is 0 Å². The Balaban J connectivity index is 3.10. The van der Waals surface area contributed by atoms with E-state index in [4.69, 9.17) is 5.11 Å². The van der Waals surface area contributed by atoms with E-state index in [1.807, 2.05) is 6.92 Å². The topological polar surface area (TPSA) is 37.3 Å². The minimum absolute atomic E-state index is 0.508. The van der Waals surface area contributed by atoms with Crippen LogP contribution in [-0.2, 0) is 17.1 Å². The standard InChI is InChI=1S/C11H11BrF2O2/c1-2-3-7-4-5-8(6-9(7)12)11(13,14)10(15)16/h4-6H,2-3H2,1H3,(H,15,16). The summed E-state index contributed by atoms with van der Waals surface area (Å²) in [6.45, 7) is 1.98. The number of aryl methyl sites for hydroxylation is 1. The molecule has 0 bridgehead atoms. The van der Waals surface area contributed by atoms with Crippen LogP contribution in [0.15, 0.2) is 22.7 Å². The molecule has 0 atom stereocenters. The van der Waals surface area contributed by atoms with E-state index in [-0.39, 0.29) is 0 Å². The van der Waals surface area contributed by atoms with E-state index in [1.165, 1.54) is 12.1 Å². The Bertz CT molecular complexity index is 405. The summed E-state index contributed by atoms with van der Waals surface area (Å²) in [5.41, 5.74) is 0.388. The van der Waals surface area contributed by atoms with Gasteiger partial charge in [-0.25, -0.2) is 4.79 Å². The summed E-state index contributed by atoms with van der Waals surface area (Å²) >= 11 is 3.16. The molecule has 0 unspecified atom stereocenters. The van der Waals surface area contributed by atoms with Gasteiger partial charge >= 0.3 is 11.9 Å². The van der Waals surface area contributed by atoms with Gasteiger partial charge in [0.1, 0.15) is 0 Å². The number of aliphatic carboxylic acids is 1. The van der Waals surface area contributed by atoms with E-state index in [2.05, 4.69) is 15.9 Å². The third-order valence-corrected chi connectivity index (χ3v) is 2.94. The predicted octanol–water partition coefficient (Wildman–Crippen LogP) is 3.58. The normalized spacial score (nSPS) is 11.5. The summed E-state index contributed by atoms with van der Waals surface area (Å²) in [6.07, 6.45) is 1.66. The van der Waals surface area contributed by atoms with Crippen molar-refractivity contribution in [2.45, 2.75) is 25.7 Å². The minimum Gasteiger partial charge on any atom is -0.477 e. The van der Waals surface area contributed by atoms with Crippen molar-refractivity contribution in [3.8, 4) is 0 Å². The van der Waals surface area contributed by atoms with Crippen LogP contribution in [0.2, 0.25) is 0 Å². The number of carboxylic acid groups (broad SMARTS) is 1. The molecule has 0 aliphatic rings. The summed E-state index contributed by atoms with van der Waals surface area (Å²) in [5.74, 6) is -5.98. The maximum atomic E-state index is 13.2. The predicted molar refractivity (Wildman–Crippen MR) is 59.7 cm³/mol. The highest BCUT2D eigenvalue weighted by Crippen LogP contribution is 2.31. The molecule has 0 aliphatic carbocycles. The van der Waals surface area contributed by atoms with Gasteiger partial charge in [0.25, 0.3) is 0 Å². The molecule has 0 aromatic heterocycles. The summed E-state index contributed by atoms with van der Waals surface area (Å²) in [6, 6.07) is 3.85. The lowest BCUT2D eigenvalue weighted by Gasteiger charge is -2.13. The molecule has 0 aliphatic heterocycles. The van der Waals surface area contributed by atoms with Crippen LogP contribution in [0.4, 0.5) is 8.78 Å². The number of hydrogen-bond acceptors (Lipinski definition) is 1. The van der Waals surface area contributed by atoms with Gasteiger partial charge in [-0.3, -0.25) is 0 Å². The van der Waals surface area contributed by atoms with Crippen LogP contribution in [0.3, 0.4) is 0 Å². The van der Waals surface area contributed by atoms with Crippen LogP contribution in [0.25, 0.3) is 0 Å². The van der Waals surface area contributed by atoms with E-state index < -0.39 is 17.5 Å². The molecule has 0 amide bonds. The largest absolute Gasteiger partial charge is 0.477 e. The maximum Gasteiger partial charge on any atom is 0.379 e. The first-order valence-corrected chi connectivity index (χ1v) is 5.59. The maximum absolute atomic E-state index is 13.2. The van der Waals surface area contributed by atoms with Gasteiger partial charge in [-0.15, -0.1) is 0 Å². The third kappa shape index (κ3) is 2.58. The van der Waals surface area contributed by atoms with Gasteiger partial charge in [0.15, 0.2) is 0 Å². The number of carbonyl (C=O) groups is 1. The molecule has 1 aromatic rings. The molecule has 0 fully saturated rings. The highest BCUT2D eigenvalue weighted by Gasteiger charge is 2.41. The number of carboxylic acids is 1. The lowest BCUT2D eigenvalue weighted by molar-refractivity contribution is -0.166. The van der Waals surface area contributed by atoms with Crippen molar-refractivity contribution in [1.82, 2.24) is 0 Å². The summed E-state index contributed by atoms with van der Waals surface area (Å²) in [5, 5.41) is 8.39. The van der Waals surface area contributed by atoms with Crippen molar-refractivity contribution < 1.29 is 18.7 Å². The number of halogens is 3. The van der Waals surface area contributed by atoms with Gasteiger partial charge in [-0.2, -0.15) is 8.78 Å². The molecule has 1 rings (SSSR count). The summed E-state index contributed by atoms with van der Waals surface area (Å²) in [7, 11) is 0. The second kappa shape index (κ2) is 4.91. The van der Waals surface area contributed by atoms with Crippen LogP contribution in [0.1, 0.15) is 24.5 Å². The summed E-state index contributed by atoms with van der Waals surface area (Å²) in [4.78, 5) is 10.4. The zero-order valence-electron chi connectivity index (χ0n) is 8.64. The van der Waals surface area contributed by atoms with E-state index in [0.717, 1.165) is 24.5 Å². The first-order valence-electron chi connectivity index (χ1n) is 4.79. The van der Waals surface area contributed by atoms with Crippen molar-refractivity contribution in [1.29, 1.82) is 0 Å². The van der Waals surface area contributed by atoms with Gasteiger partial charge < -0.3 is 5.11 Å². The smallest absolute Gasteiger partial charge is 0.379 e. The SMILES string of the molecule is CCCc1ccc(C(F)(F)C(=O)O)cc1Br. The fourth-order valence-corrected chi connectivity index (χ4v) is 1.92. The molecule has 1 N–H and O–H groups in total. The zero-order valence-corrected chi connectivity index (χ0v) is 10.2. The number of hydrogen-bond donors (Lipinski definition) is 1. The van der Waals surface area contributed by atoms with E-state index in [1.54, 1.807) is 0 Å². The van der Waals surface area contributed by atoms with Gasteiger partial charge in [-0.1, -0.05) is 41.4 Å². The molecule has 0 spiro atoms. The van der Waals surface area contributed by atoms with Crippen LogP contribution < -0.4 is 0 Å². The van der Waals surface area contributed by atoms with Crippen molar-refractivity contribution >= 4 is 21.9 Å². The number of alkyl halides is 2.